The minimum atomic E-state index is -0.693. The van der Waals surface area contributed by atoms with Gasteiger partial charge in [-0.15, -0.1) is 0 Å². The molecule has 1 saturated heterocycles. The molecule has 1 amide bonds. The minimum Gasteiger partial charge on any atom is -0.444 e. The average molecular weight is 394 g/mol. The van der Waals surface area contributed by atoms with Gasteiger partial charge in [-0.05, 0) is 55.8 Å². The first-order chi connectivity index (χ1) is 11.2. The van der Waals surface area contributed by atoms with Crippen LogP contribution >= 0.6 is 15.9 Å². The Morgan fingerprint density at radius 3 is 2.67 bits per heavy atom. The number of halogens is 1. The fraction of sp³-hybridized carbons (Fsp3) is 0.556. The van der Waals surface area contributed by atoms with Crippen LogP contribution in [0.25, 0.3) is 0 Å². The van der Waals surface area contributed by atoms with Crippen LogP contribution in [0.2, 0.25) is 0 Å². The van der Waals surface area contributed by atoms with E-state index in [1.54, 1.807) is 4.90 Å². The third-order valence-electron chi connectivity index (χ3n) is 4.05. The number of nitrogens with zero attached hydrogens (tertiary/aromatic N) is 2. The van der Waals surface area contributed by atoms with Gasteiger partial charge in [0.2, 0.25) is 0 Å². The Morgan fingerprint density at radius 1 is 1.46 bits per heavy atom. The summed E-state index contributed by atoms with van der Waals surface area (Å²) in [5.74, 6) is 0. The van der Waals surface area contributed by atoms with Crippen LogP contribution < -0.4 is 5.32 Å². The molecule has 1 aliphatic rings. The number of carbonyl (C=O) groups excluding carboxylic acids is 1. The summed E-state index contributed by atoms with van der Waals surface area (Å²) in [5, 5.41) is 13.1. The Hall–Kier alpha value is -1.74. The molecule has 1 fully saturated rings. The first kappa shape index (κ1) is 18.6. The van der Waals surface area contributed by atoms with Crippen LogP contribution in [0.15, 0.2) is 28.7 Å². The smallest absolute Gasteiger partial charge is 0.410 e. The van der Waals surface area contributed by atoms with Gasteiger partial charge in [0.15, 0.2) is 0 Å². The van der Waals surface area contributed by atoms with Crippen molar-refractivity contribution in [1.29, 1.82) is 5.26 Å². The number of ether oxygens (including phenoxy) is 1. The van der Waals surface area contributed by atoms with Crippen molar-refractivity contribution in [2.45, 2.75) is 57.7 Å². The van der Waals surface area contributed by atoms with E-state index < -0.39 is 11.1 Å². The quantitative estimate of drug-likeness (QED) is 0.800. The zero-order chi connectivity index (χ0) is 18.0. The molecule has 0 saturated carbocycles. The first-order valence-electron chi connectivity index (χ1n) is 8.09. The molecule has 1 aromatic carbocycles. The number of rotatable bonds is 2. The van der Waals surface area contributed by atoms with E-state index >= 15 is 0 Å². The molecule has 5 nitrogen and oxygen atoms in total. The predicted molar refractivity (Wildman–Crippen MR) is 97.7 cm³/mol. The van der Waals surface area contributed by atoms with Crippen LogP contribution in [-0.2, 0) is 4.74 Å². The lowest BCUT2D eigenvalue weighted by Gasteiger charge is -2.43. The molecule has 1 N–H and O–H groups in total. The topological polar surface area (TPSA) is 65.4 Å². The Morgan fingerprint density at radius 2 is 2.12 bits per heavy atom. The summed E-state index contributed by atoms with van der Waals surface area (Å²) in [7, 11) is 0. The van der Waals surface area contributed by atoms with Crippen molar-refractivity contribution in [3.8, 4) is 6.07 Å². The van der Waals surface area contributed by atoms with Gasteiger partial charge in [-0.1, -0.05) is 12.1 Å². The number of carbonyl (C=O) groups is 1. The molecule has 24 heavy (non-hydrogen) atoms. The molecule has 6 heteroatoms. The third kappa shape index (κ3) is 4.41. The van der Waals surface area contributed by atoms with Gasteiger partial charge < -0.3 is 15.0 Å². The van der Waals surface area contributed by atoms with E-state index in [4.69, 9.17) is 4.74 Å². The van der Waals surface area contributed by atoms with Crippen LogP contribution in [0.1, 0.15) is 40.5 Å². The molecule has 0 aromatic heterocycles. The third-order valence-corrected chi connectivity index (χ3v) is 4.74. The minimum absolute atomic E-state index is 0.0803. The monoisotopic (exact) mass is 393 g/mol. The lowest BCUT2D eigenvalue weighted by atomic mass is 9.84. The highest BCUT2D eigenvalue weighted by Crippen LogP contribution is 2.33. The van der Waals surface area contributed by atoms with Crippen LogP contribution in [0.3, 0.4) is 0 Å². The van der Waals surface area contributed by atoms with Crippen molar-refractivity contribution in [1.82, 2.24) is 4.90 Å². The maximum absolute atomic E-state index is 12.3. The highest BCUT2D eigenvalue weighted by molar-refractivity contribution is 9.10. The number of para-hydroxylation sites is 1. The number of likely N-dealkylation sites (tertiary alicyclic amines) is 1. The van der Waals surface area contributed by atoms with Gasteiger partial charge in [0.25, 0.3) is 0 Å². The summed E-state index contributed by atoms with van der Waals surface area (Å²) in [6, 6.07) is 10.1. The summed E-state index contributed by atoms with van der Waals surface area (Å²) < 4.78 is 6.38. The van der Waals surface area contributed by atoms with Gasteiger partial charge >= 0.3 is 6.09 Å². The van der Waals surface area contributed by atoms with Crippen LogP contribution in [0, 0.1) is 11.3 Å². The molecule has 130 valence electrons. The van der Waals surface area contributed by atoms with Gasteiger partial charge in [0, 0.05) is 35.6 Å². The Kier molecular flexibility index (Phi) is 5.44. The predicted octanol–water partition coefficient (Wildman–Crippen LogP) is 4.54. The summed E-state index contributed by atoms with van der Waals surface area (Å²) in [6.07, 6.45) is 0.779. The second-order valence-corrected chi connectivity index (χ2v) is 8.13. The fourth-order valence-electron chi connectivity index (χ4n) is 2.90. The van der Waals surface area contributed by atoms with E-state index in [1.165, 1.54) is 0 Å². The molecule has 2 unspecified atom stereocenters. The van der Waals surface area contributed by atoms with Crippen molar-refractivity contribution in [2.75, 3.05) is 11.9 Å². The lowest BCUT2D eigenvalue weighted by molar-refractivity contribution is 0.00879. The highest BCUT2D eigenvalue weighted by Gasteiger charge is 2.41. The number of nitriles is 1. The molecule has 1 aliphatic heterocycles. The van der Waals surface area contributed by atoms with Gasteiger partial charge in [-0.3, -0.25) is 0 Å². The van der Waals surface area contributed by atoms with E-state index in [9.17, 15) is 10.1 Å². The molecular formula is C18H24BrN3O2. The molecule has 0 bridgehead atoms. The summed E-state index contributed by atoms with van der Waals surface area (Å²) in [4.78, 5) is 14.0. The first-order valence-corrected chi connectivity index (χ1v) is 8.89. The van der Waals surface area contributed by atoms with Crippen molar-refractivity contribution < 1.29 is 9.53 Å². The van der Waals surface area contributed by atoms with E-state index in [0.717, 1.165) is 10.2 Å². The van der Waals surface area contributed by atoms with E-state index in [1.807, 2.05) is 52.0 Å². The number of hydrogen-bond donors (Lipinski definition) is 1. The zero-order valence-electron chi connectivity index (χ0n) is 14.6. The van der Waals surface area contributed by atoms with Gasteiger partial charge in [-0.2, -0.15) is 5.26 Å². The normalized spacial score (nSPS) is 24.2. The number of anilines is 1. The van der Waals surface area contributed by atoms with Crippen molar-refractivity contribution in [3.05, 3.63) is 28.7 Å². The molecular weight excluding hydrogens is 370 g/mol. The largest absolute Gasteiger partial charge is 0.444 e. The molecule has 0 spiro atoms. The fourth-order valence-corrected chi connectivity index (χ4v) is 3.29. The van der Waals surface area contributed by atoms with Crippen LogP contribution in [-0.4, -0.2) is 34.7 Å². The lowest BCUT2D eigenvalue weighted by Crippen LogP contribution is -2.55. The second-order valence-electron chi connectivity index (χ2n) is 7.28. The van der Waals surface area contributed by atoms with E-state index in [2.05, 4.69) is 27.3 Å². The Bertz CT molecular complexity index is 650. The maximum Gasteiger partial charge on any atom is 0.410 e. The van der Waals surface area contributed by atoms with Crippen LogP contribution in [0.4, 0.5) is 10.5 Å². The molecule has 0 radical (unpaired) electrons. The summed E-state index contributed by atoms with van der Waals surface area (Å²) in [6.45, 7) is 8.01. The number of piperidine rings is 1. The van der Waals surface area contributed by atoms with E-state index in [-0.39, 0.29) is 12.1 Å². The number of hydrogen-bond acceptors (Lipinski definition) is 4. The highest BCUT2D eigenvalue weighted by atomic mass is 79.9. The molecule has 2 rings (SSSR count). The molecule has 1 aromatic rings. The van der Waals surface area contributed by atoms with Crippen molar-refractivity contribution >= 4 is 27.7 Å². The van der Waals surface area contributed by atoms with Gasteiger partial charge in [-0.25, -0.2) is 4.79 Å². The molecule has 0 aliphatic carbocycles. The second kappa shape index (κ2) is 7.02. The zero-order valence-corrected chi connectivity index (χ0v) is 16.2. The number of amides is 1. The number of benzene rings is 1. The average Bonchev–Trinajstić information content (AvgIpc) is 2.48. The summed E-state index contributed by atoms with van der Waals surface area (Å²) >= 11 is 3.50. The van der Waals surface area contributed by atoms with Crippen molar-refractivity contribution in [3.63, 3.8) is 0 Å². The van der Waals surface area contributed by atoms with E-state index in [0.29, 0.717) is 19.4 Å². The standard InChI is InChI=1S/C18H24BrN3O2/c1-13-11-18(12-20,21-15-8-6-5-7-14(15)19)9-10-22(13)16(23)24-17(2,3)4/h5-8,13,21H,9-11H2,1-4H3. The van der Waals surface area contributed by atoms with Crippen molar-refractivity contribution in [2.24, 2.45) is 0 Å². The molecule has 1 heterocycles. The Balaban J connectivity index is 2.11. The van der Waals surface area contributed by atoms with Crippen LogP contribution in [0.5, 0.6) is 0 Å². The maximum atomic E-state index is 12.3. The SMILES string of the molecule is CC1CC(C#N)(Nc2ccccc2Br)CCN1C(=O)OC(C)(C)C. The van der Waals surface area contributed by atoms with Gasteiger partial charge in [0.05, 0.1) is 6.07 Å². The summed E-state index contributed by atoms with van der Waals surface area (Å²) in [5.41, 5.74) is -0.327. The van der Waals surface area contributed by atoms with Gasteiger partial charge in [0.1, 0.15) is 11.1 Å². The Labute approximate surface area is 152 Å². The molecule has 2 atom stereocenters. The number of nitrogens with one attached hydrogen (secondary N) is 1.